The van der Waals surface area contributed by atoms with Gasteiger partial charge in [0.25, 0.3) is 0 Å². The summed E-state index contributed by atoms with van der Waals surface area (Å²) in [5, 5.41) is 3.17. The van der Waals surface area contributed by atoms with Crippen molar-refractivity contribution in [2.75, 3.05) is 18.4 Å². The fourth-order valence-electron chi connectivity index (χ4n) is 3.88. The van der Waals surface area contributed by atoms with Crippen molar-refractivity contribution in [1.29, 1.82) is 0 Å². The van der Waals surface area contributed by atoms with Crippen molar-refractivity contribution < 1.29 is 17.6 Å². The van der Waals surface area contributed by atoms with E-state index in [1.54, 1.807) is 0 Å². The highest BCUT2D eigenvalue weighted by molar-refractivity contribution is 7.89. The minimum absolute atomic E-state index is 0.0714. The SMILES string of the molecule is Cc1cccc2sc(NC(=O)Cn3c(=O)oc4cc(S(=O)(=O)N5CCCC5)ccc43)nc12. The predicted octanol–water partition coefficient (Wildman–Crippen LogP) is 2.94. The summed E-state index contributed by atoms with van der Waals surface area (Å²) in [5.41, 5.74) is 2.31. The first-order valence-electron chi connectivity index (χ1n) is 10.1. The molecule has 3 heterocycles. The van der Waals surface area contributed by atoms with Gasteiger partial charge in [0, 0.05) is 19.2 Å². The Kier molecular flexibility index (Phi) is 5.11. The maximum absolute atomic E-state index is 12.8. The molecule has 0 aliphatic carbocycles. The lowest BCUT2D eigenvalue weighted by molar-refractivity contribution is -0.116. The van der Waals surface area contributed by atoms with Gasteiger partial charge in [-0.25, -0.2) is 18.2 Å². The number of carbonyl (C=O) groups is 1. The van der Waals surface area contributed by atoms with E-state index >= 15 is 0 Å². The molecule has 5 rings (SSSR count). The zero-order valence-corrected chi connectivity index (χ0v) is 18.8. The number of para-hydroxylation sites is 1. The number of nitrogens with zero attached hydrogens (tertiary/aromatic N) is 3. The molecule has 11 heteroatoms. The van der Waals surface area contributed by atoms with Crippen LogP contribution in [0.25, 0.3) is 21.3 Å². The van der Waals surface area contributed by atoms with Crippen LogP contribution in [0, 0.1) is 6.92 Å². The molecular formula is C21H20N4O5S2. The highest BCUT2D eigenvalue weighted by atomic mass is 32.2. The van der Waals surface area contributed by atoms with Crippen LogP contribution in [0.1, 0.15) is 18.4 Å². The van der Waals surface area contributed by atoms with Crippen molar-refractivity contribution in [2.24, 2.45) is 0 Å². The molecule has 2 aromatic carbocycles. The molecule has 0 atom stereocenters. The molecule has 1 fully saturated rings. The average Bonchev–Trinajstić information content (AvgIpc) is 3.48. The van der Waals surface area contributed by atoms with E-state index in [0.717, 1.165) is 28.6 Å². The van der Waals surface area contributed by atoms with Gasteiger partial charge in [0.05, 0.1) is 20.6 Å². The molecule has 1 aliphatic rings. The fourth-order valence-corrected chi connectivity index (χ4v) is 6.37. The quantitative estimate of drug-likeness (QED) is 0.478. The first kappa shape index (κ1) is 20.9. The van der Waals surface area contributed by atoms with Crippen molar-refractivity contribution in [2.45, 2.75) is 31.2 Å². The number of thiazole rings is 1. The van der Waals surface area contributed by atoms with Crippen LogP contribution in [0.2, 0.25) is 0 Å². The van der Waals surface area contributed by atoms with Gasteiger partial charge in [0.2, 0.25) is 15.9 Å². The van der Waals surface area contributed by atoms with E-state index in [2.05, 4.69) is 10.3 Å². The van der Waals surface area contributed by atoms with Crippen LogP contribution < -0.4 is 11.1 Å². The largest absolute Gasteiger partial charge is 0.420 e. The van der Waals surface area contributed by atoms with Crippen LogP contribution in [0.5, 0.6) is 0 Å². The number of fused-ring (bicyclic) bond motifs is 2. The second-order valence-electron chi connectivity index (χ2n) is 7.68. The summed E-state index contributed by atoms with van der Waals surface area (Å²) in [6.45, 7) is 2.63. The van der Waals surface area contributed by atoms with Gasteiger partial charge in [-0.3, -0.25) is 9.36 Å². The number of hydrogen-bond donors (Lipinski definition) is 1. The van der Waals surface area contributed by atoms with Crippen LogP contribution in [-0.4, -0.2) is 41.3 Å². The van der Waals surface area contributed by atoms with E-state index < -0.39 is 21.7 Å². The van der Waals surface area contributed by atoms with Gasteiger partial charge in [-0.15, -0.1) is 0 Å². The summed E-state index contributed by atoms with van der Waals surface area (Å²) in [6, 6.07) is 10.1. The maximum Gasteiger partial charge on any atom is 0.420 e. The van der Waals surface area contributed by atoms with E-state index in [4.69, 9.17) is 4.42 Å². The Bertz CT molecular complexity index is 1510. The van der Waals surface area contributed by atoms with Crippen molar-refractivity contribution in [3.8, 4) is 0 Å². The number of nitrogens with one attached hydrogen (secondary N) is 1. The number of benzene rings is 2. The number of carbonyl (C=O) groups excluding carboxylic acids is 1. The van der Waals surface area contributed by atoms with Crippen molar-refractivity contribution in [1.82, 2.24) is 13.9 Å². The van der Waals surface area contributed by atoms with Crippen LogP contribution >= 0.6 is 11.3 Å². The first-order valence-corrected chi connectivity index (χ1v) is 12.4. The van der Waals surface area contributed by atoms with E-state index in [9.17, 15) is 18.0 Å². The average molecular weight is 473 g/mol. The molecule has 4 aromatic rings. The standard InChI is InChI=1S/C21H20N4O5S2/c1-13-5-4-6-17-19(13)23-20(31-17)22-18(26)12-25-15-8-7-14(11-16(15)30-21(25)27)32(28,29)24-9-2-3-10-24/h4-8,11H,2-3,9-10,12H2,1H3,(H,22,23,26). The molecule has 0 spiro atoms. The lowest BCUT2D eigenvalue weighted by Gasteiger charge is -2.15. The van der Waals surface area contributed by atoms with Gasteiger partial charge >= 0.3 is 5.76 Å². The molecule has 166 valence electrons. The Morgan fingerprint density at radius 2 is 2.00 bits per heavy atom. The summed E-state index contributed by atoms with van der Waals surface area (Å²) in [7, 11) is -3.64. The molecule has 0 unspecified atom stereocenters. The zero-order chi connectivity index (χ0) is 22.5. The second-order valence-corrected chi connectivity index (χ2v) is 10.7. The summed E-state index contributed by atoms with van der Waals surface area (Å²) in [6.07, 6.45) is 1.66. The van der Waals surface area contributed by atoms with E-state index in [1.165, 1.54) is 38.4 Å². The second kappa shape index (κ2) is 7.84. The first-order chi connectivity index (χ1) is 15.3. The van der Waals surface area contributed by atoms with Crippen LogP contribution in [-0.2, 0) is 21.4 Å². The van der Waals surface area contributed by atoms with Gasteiger partial charge in [-0.05, 0) is 43.5 Å². The van der Waals surface area contributed by atoms with Crippen molar-refractivity contribution in [3.63, 3.8) is 0 Å². The topological polar surface area (TPSA) is 115 Å². The molecule has 2 aromatic heterocycles. The molecular weight excluding hydrogens is 452 g/mol. The molecule has 0 radical (unpaired) electrons. The van der Waals surface area contributed by atoms with Crippen LogP contribution in [0.4, 0.5) is 5.13 Å². The van der Waals surface area contributed by atoms with Gasteiger partial charge < -0.3 is 9.73 Å². The monoisotopic (exact) mass is 472 g/mol. The van der Waals surface area contributed by atoms with Crippen LogP contribution in [0.3, 0.4) is 0 Å². The summed E-state index contributed by atoms with van der Waals surface area (Å²) in [4.78, 5) is 29.5. The van der Waals surface area contributed by atoms with E-state index in [0.29, 0.717) is 23.7 Å². The maximum atomic E-state index is 12.8. The number of aryl methyl sites for hydroxylation is 1. The minimum atomic E-state index is -3.64. The fraction of sp³-hybridized carbons (Fsp3) is 0.286. The minimum Gasteiger partial charge on any atom is -0.408 e. The summed E-state index contributed by atoms with van der Waals surface area (Å²) in [5.74, 6) is -1.16. The Morgan fingerprint density at radius 1 is 1.22 bits per heavy atom. The van der Waals surface area contributed by atoms with Gasteiger partial charge in [0.1, 0.15) is 6.54 Å². The lowest BCUT2D eigenvalue weighted by Crippen LogP contribution is -2.27. The number of aromatic nitrogens is 2. The summed E-state index contributed by atoms with van der Waals surface area (Å²) < 4.78 is 34.4. The Morgan fingerprint density at radius 3 is 2.75 bits per heavy atom. The van der Waals surface area contributed by atoms with E-state index in [-0.39, 0.29) is 17.0 Å². The third-order valence-electron chi connectivity index (χ3n) is 5.51. The highest BCUT2D eigenvalue weighted by Crippen LogP contribution is 2.28. The Balaban J connectivity index is 1.40. The molecule has 0 bridgehead atoms. The van der Waals surface area contributed by atoms with Crippen molar-refractivity contribution >= 4 is 53.7 Å². The molecule has 32 heavy (non-hydrogen) atoms. The Labute approximate surface area is 187 Å². The Hall–Kier alpha value is -3.02. The molecule has 1 amide bonds. The third kappa shape index (κ3) is 3.61. The lowest BCUT2D eigenvalue weighted by atomic mass is 10.2. The predicted molar refractivity (Wildman–Crippen MR) is 121 cm³/mol. The molecule has 0 saturated carbocycles. The number of oxazole rings is 1. The highest BCUT2D eigenvalue weighted by Gasteiger charge is 2.28. The zero-order valence-electron chi connectivity index (χ0n) is 17.2. The van der Waals surface area contributed by atoms with Gasteiger partial charge in [-0.1, -0.05) is 23.5 Å². The van der Waals surface area contributed by atoms with Gasteiger partial charge in [0.15, 0.2) is 10.7 Å². The number of sulfonamides is 1. The smallest absolute Gasteiger partial charge is 0.408 e. The molecule has 1 N–H and O–H groups in total. The molecule has 1 aliphatic heterocycles. The number of hydrogen-bond acceptors (Lipinski definition) is 7. The molecule has 1 saturated heterocycles. The normalized spacial score (nSPS) is 15.0. The van der Waals surface area contributed by atoms with Gasteiger partial charge in [-0.2, -0.15) is 4.31 Å². The third-order valence-corrected chi connectivity index (χ3v) is 8.34. The van der Waals surface area contributed by atoms with Crippen LogP contribution in [0.15, 0.2) is 50.5 Å². The number of anilines is 1. The van der Waals surface area contributed by atoms with Crippen molar-refractivity contribution in [3.05, 3.63) is 52.5 Å². The number of rotatable bonds is 5. The molecule has 9 nitrogen and oxygen atoms in total. The summed E-state index contributed by atoms with van der Waals surface area (Å²) >= 11 is 1.35. The van der Waals surface area contributed by atoms with E-state index in [1.807, 2.05) is 25.1 Å². The number of amides is 1.